The SMILES string of the molecule is OB(O)C1CCNC1. The Bertz CT molecular complexity index is 72.4. The lowest BCUT2D eigenvalue weighted by atomic mass is 9.72. The van der Waals surface area contributed by atoms with E-state index in [4.69, 9.17) is 10.0 Å². The zero-order valence-corrected chi connectivity index (χ0v) is 4.67. The van der Waals surface area contributed by atoms with Gasteiger partial charge >= 0.3 is 7.12 Å². The zero-order chi connectivity index (χ0) is 5.98. The molecule has 3 nitrogen and oxygen atoms in total. The minimum Gasteiger partial charge on any atom is -0.427 e. The molecule has 1 fully saturated rings. The second-order valence-electron chi connectivity index (χ2n) is 2.17. The van der Waals surface area contributed by atoms with Crippen LogP contribution in [0.3, 0.4) is 0 Å². The highest BCUT2D eigenvalue weighted by molar-refractivity contribution is 6.43. The first-order chi connectivity index (χ1) is 3.80. The van der Waals surface area contributed by atoms with E-state index in [1.807, 2.05) is 0 Å². The van der Waals surface area contributed by atoms with Crippen molar-refractivity contribution in [3.8, 4) is 0 Å². The molecule has 0 spiro atoms. The molecule has 1 saturated heterocycles. The third-order valence-electron chi connectivity index (χ3n) is 1.52. The molecule has 1 rings (SSSR count). The van der Waals surface area contributed by atoms with E-state index in [9.17, 15) is 0 Å². The van der Waals surface area contributed by atoms with E-state index in [0.717, 1.165) is 19.5 Å². The van der Waals surface area contributed by atoms with Gasteiger partial charge in [-0.1, -0.05) is 0 Å². The van der Waals surface area contributed by atoms with Crippen molar-refractivity contribution in [1.82, 2.24) is 5.32 Å². The normalized spacial score (nSPS) is 28.5. The van der Waals surface area contributed by atoms with Crippen LogP contribution >= 0.6 is 0 Å². The second-order valence-corrected chi connectivity index (χ2v) is 2.17. The molecule has 3 N–H and O–H groups in total. The molecule has 0 aromatic carbocycles. The van der Waals surface area contributed by atoms with Gasteiger partial charge in [0.15, 0.2) is 0 Å². The Morgan fingerprint density at radius 3 is 2.50 bits per heavy atom. The topological polar surface area (TPSA) is 52.5 Å². The molecule has 0 aromatic rings. The summed E-state index contributed by atoms with van der Waals surface area (Å²) in [4.78, 5) is 0. The van der Waals surface area contributed by atoms with Gasteiger partial charge in [-0.2, -0.15) is 0 Å². The van der Waals surface area contributed by atoms with Gasteiger partial charge in [0, 0.05) is 5.82 Å². The van der Waals surface area contributed by atoms with E-state index >= 15 is 0 Å². The summed E-state index contributed by atoms with van der Waals surface area (Å²) in [7, 11) is -1.12. The van der Waals surface area contributed by atoms with Crippen LogP contribution in [0.2, 0.25) is 5.82 Å². The van der Waals surface area contributed by atoms with E-state index in [1.54, 1.807) is 0 Å². The summed E-state index contributed by atoms with van der Waals surface area (Å²) in [5.41, 5.74) is 0. The molecule has 0 bridgehead atoms. The van der Waals surface area contributed by atoms with Crippen LogP contribution in [0.1, 0.15) is 6.42 Å². The first kappa shape index (κ1) is 6.07. The van der Waals surface area contributed by atoms with Gasteiger partial charge in [-0.05, 0) is 19.5 Å². The van der Waals surface area contributed by atoms with Crippen LogP contribution < -0.4 is 5.32 Å². The minimum atomic E-state index is -1.12. The number of hydrogen-bond acceptors (Lipinski definition) is 3. The molecule has 0 radical (unpaired) electrons. The van der Waals surface area contributed by atoms with Crippen LogP contribution in [-0.2, 0) is 0 Å². The summed E-state index contributed by atoms with van der Waals surface area (Å²) in [5, 5.41) is 20.2. The molecule has 0 aromatic heterocycles. The fourth-order valence-electron chi connectivity index (χ4n) is 0.931. The van der Waals surface area contributed by atoms with E-state index in [1.165, 1.54) is 0 Å². The molecule has 8 heavy (non-hydrogen) atoms. The highest BCUT2D eigenvalue weighted by atomic mass is 16.4. The molecular formula is C4H10BNO2. The van der Waals surface area contributed by atoms with Crippen LogP contribution in [0, 0.1) is 0 Å². The molecule has 1 heterocycles. The predicted octanol–water partition coefficient (Wildman–Crippen LogP) is -1.18. The summed E-state index contributed by atoms with van der Waals surface area (Å²) in [6, 6.07) is 0. The van der Waals surface area contributed by atoms with Crippen molar-refractivity contribution in [3.63, 3.8) is 0 Å². The first-order valence-electron chi connectivity index (χ1n) is 2.87. The van der Waals surface area contributed by atoms with E-state index in [2.05, 4.69) is 5.32 Å². The van der Waals surface area contributed by atoms with Gasteiger partial charge in [-0.3, -0.25) is 0 Å². The lowest BCUT2D eigenvalue weighted by Crippen LogP contribution is -2.21. The molecule has 1 aliphatic rings. The Hall–Kier alpha value is -0.0551. The van der Waals surface area contributed by atoms with Crippen molar-refractivity contribution >= 4 is 7.12 Å². The second kappa shape index (κ2) is 2.48. The highest BCUT2D eigenvalue weighted by Gasteiger charge is 2.25. The van der Waals surface area contributed by atoms with Gasteiger partial charge in [-0.25, -0.2) is 0 Å². The van der Waals surface area contributed by atoms with Crippen molar-refractivity contribution < 1.29 is 10.0 Å². The fraction of sp³-hybridized carbons (Fsp3) is 1.00. The van der Waals surface area contributed by atoms with Gasteiger partial charge in [0.25, 0.3) is 0 Å². The van der Waals surface area contributed by atoms with Crippen LogP contribution in [-0.4, -0.2) is 30.3 Å². The molecule has 1 unspecified atom stereocenters. The summed E-state index contributed by atoms with van der Waals surface area (Å²) in [6.07, 6.45) is 0.887. The monoisotopic (exact) mass is 115 g/mol. The van der Waals surface area contributed by atoms with Crippen molar-refractivity contribution in [1.29, 1.82) is 0 Å². The van der Waals surface area contributed by atoms with Crippen LogP contribution in [0.15, 0.2) is 0 Å². The van der Waals surface area contributed by atoms with Gasteiger partial charge in [-0.15, -0.1) is 0 Å². The van der Waals surface area contributed by atoms with Crippen molar-refractivity contribution in [2.45, 2.75) is 12.2 Å². The Kier molecular flexibility index (Phi) is 1.88. The van der Waals surface area contributed by atoms with E-state index in [-0.39, 0.29) is 5.82 Å². The predicted molar refractivity (Wildman–Crippen MR) is 31.4 cm³/mol. The maximum Gasteiger partial charge on any atom is 0.456 e. The van der Waals surface area contributed by atoms with Gasteiger partial charge in [0.1, 0.15) is 0 Å². The Morgan fingerprint density at radius 2 is 2.25 bits per heavy atom. The maximum atomic E-state index is 8.57. The molecule has 0 saturated carbocycles. The average Bonchev–Trinajstić information content (AvgIpc) is 2.12. The van der Waals surface area contributed by atoms with Gasteiger partial charge in [0.05, 0.1) is 0 Å². The molecule has 4 heteroatoms. The zero-order valence-electron chi connectivity index (χ0n) is 4.67. The minimum absolute atomic E-state index is 0.0648. The van der Waals surface area contributed by atoms with Crippen LogP contribution in [0.5, 0.6) is 0 Å². The Balaban J connectivity index is 2.24. The number of hydrogen-bond donors (Lipinski definition) is 3. The van der Waals surface area contributed by atoms with E-state index in [0.29, 0.717) is 0 Å². The molecular weight excluding hydrogens is 105 g/mol. The number of nitrogens with one attached hydrogen (secondary N) is 1. The summed E-state index contributed by atoms with van der Waals surface area (Å²) in [5.74, 6) is 0.0648. The molecule has 46 valence electrons. The van der Waals surface area contributed by atoms with Crippen LogP contribution in [0.4, 0.5) is 0 Å². The summed E-state index contributed by atoms with van der Waals surface area (Å²) >= 11 is 0. The lowest BCUT2D eigenvalue weighted by molar-refractivity contribution is 0.388. The Labute approximate surface area is 48.9 Å². The third-order valence-corrected chi connectivity index (χ3v) is 1.52. The van der Waals surface area contributed by atoms with E-state index < -0.39 is 7.12 Å². The largest absolute Gasteiger partial charge is 0.456 e. The van der Waals surface area contributed by atoms with Crippen LogP contribution in [0.25, 0.3) is 0 Å². The fourth-order valence-corrected chi connectivity index (χ4v) is 0.931. The molecule has 1 aliphatic heterocycles. The third kappa shape index (κ3) is 1.21. The first-order valence-corrected chi connectivity index (χ1v) is 2.87. The van der Waals surface area contributed by atoms with Gasteiger partial charge in [0.2, 0.25) is 0 Å². The number of rotatable bonds is 1. The molecule has 0 amide bonds. The smallest absolute Gasteiger partial charge is 0.427 e. The molecule has 0 aliphatic carbocycles. The maximum absolute atomic E-state index is 8.57. The Morgan fingerprint density at radius 1 is 1.50 bits per heavy atom. The van der Waals surface area contributed by atoms with Crippen molar-refractivity contribution in [2.75, 3.05) is 13.1 Å². The van der Waals surface area contributed by atoms with Crippen molar-refractivity contribution in [2.24, 2.45) is 0 Å². The average molecular weight is 115 g/mol. The molecule has 1 atom stereocenters. The summed E-state index contributed by atoms with van der Waals surface area (Å²) in [6.45, 7) is 1.67. The highest BCUT2D eigenvalue weighted by Crippen LogP contribution is 2.14. The standard InChI is InChI=1S/C4H10BNO2/c7-5(8)4-1-2-6-3-4/h4,6-8H,1-3H2. The van der Waals surface area contributed by atoms with Gasteiger partial charge < -0.3 is 15.4 Å². The lowest BCUT2D eigenvalue weighted by Gasteiger charge is -2.02. The van der Waals surface area contributed by atoms with Crippen molar-refractivity contribution in [3.05, 3.63) is 0 Å². The quantitative estimate of drug-likeness (QED) is 0.377. The summed E-state index contributed by atoms with van der Waals surface area (Å²) < 4.78 is 0.